The van der Waals surface area contributed by atoms with Crippen molar-refractivity contribution in [3.63, 3.8) is 0 Å². The maximum Gasteiger partial charge on any atom is 0.0812 e. The topological polar surface area (TPSA) is 24.9 Å². The molecule has 0 atom stereocenters. The van der Waals surface area contributed by atoms with E-state index >= 15 is 0 Å². The highest BCUT2D eigenvalue weighted by Crippen LogP contribution is 2.33. The second-order valence-electron chi connectivity index (χ2n) is 4.06. The van der Waals surface area contributed by atoms with Crippen LogP contribution in [0.25, 0.3) is 10.2 Å². The molecule has 1 N–H and O–H groups in total. The van der Waals surface area contributed by atoms with Crippen molar-refractivity contribution in [1.29, 1.82) is 0 Å². The van der Waals surface area contributed by atoms with Crippen molar-refractivity contribution in [2.75, 3.05) is 13.1 Å². The smallest absolute Gasteiger partial charge is 0.0812 e. The summed E-state index contributed by atoms with van der Waals surface area (Å²) in [7, 11) is 0. The second kappa shape index (κ2) is 3.91. The van der Waals surface area contributed by atoms with Gasteiger partial charge in [-0.2, -0.15) is 0 Å². The fraction of sp³-hybridized carbons (Fsp3) is 0.417. The number of fused-ring (bicyclic) bond motifs is 1. The number of thiophene rings is 1. The van der Waals surface area contributed by atoms with Gasteiger partial charge >= 0.3 is 0 Å². The van der Waals surface area contributed by atoms with Crippen molar-refractivity contribution < 1.29 is 0 Å². The molecule has 15 heavy (non-hydrogen) atoms. The van der Waals surface area contributed by atoms with Crippen LogP contribution in [0.3, 0.4) is 0 Å². The van der Waals surface area contributed by atoms with E-state index in [0.717, 1.165) is 24.5 Å². The van der Waals surface area contributed by atoms with Gasteiger partial charge in [-0.25, -0.2) is 0 Å². The zero-order chi connectivity index (χ0) is 10.1. The molecule has 78 valence electrons. The molecule has 3 rings (SSSR count). The Morgan fingerprint density at radius 2 is 2.20 bits per heavy atom. The summed E-state index contributed by atoms with van der Waals surface area (Å²) in [5, 5.41) is 3.41. The molecular weight excluding hydrogens is 204 g/mol. The second-order valence-corrected chi connectivity index (χ2v) is 5.18. The van der Waals surface area contributed by atoms with Gasteiger partial charge in [0.25, 0.3) is 0 Å². The summed E-state index contributed by atoms with van der Waals surface area (Å²) in [6.07, 6.45) is 4.42. The third-order valence-electron chi connectivity index (χ3n) is 3.05. The van der Waals surface area contributed by atoms with E-state index in [4.69, 9.17) is 0 Å². The highest BCUT2D eigenvalue weighted by molar-refractivity contribution is 7.19. The molecule has 0 amide bonds. The largest absolute Gasteiger partial charge is 0.317 e. The van der Waals surface area contributed by atoms with Crippen LogP contribution in [0.4, 0.5) is 0 Å². The van der Waals surface area contributed by atoms with Gasteiger partial charge in [0.1, 0.15) is 0 Å². The van der Waals surface area contributed by atoms with E-state index in [1.54, 1.807) is 0 Å². The average Bonchev–Trinajstić information content (AvgIpc) is 2.74. The first-order chi connectivity index (χ1) is 7.43. The van der Waals surface area contributed by atoms with Crippen molar-refractivity contribution in [2.24, 2.45) is 0 Å². The summed E-state index contributed by atoms with van der Waals surface area (Å²) < 4.78 is 1.33. The minimum Gasteiger partial charge on any atom is -0.317 e. The summed E-state index contributed by atoms with van der Waals surface area (Å²) in [6.45, 7) is 2.32. The van der Waals surface area contributed by atoms with Gasteiger partial charge in [-0.1, -0.05) is 0 Å². The summed E-state index contributed by atoms with van der Waals surface area (Å²) in [5.74, 6) is 0.755. The zero-order valence-electron chi connectivity index (χ0n) is 8.57. The third-order valence-corrected chi connectivity index (χ3v) is 4.30. The molecule has 1 aliphatic heterocycles. The Morgan fingerprint density at radius 1 is 1.33 bits per heavy atom. The zero-order valence-corrected chi connectivity index (χ0v) is 9.39. The van der Waals surface area contributed by atoms with Gasteiger partial charge in [0.05, 0.1) is 10.2 Å². The summed E-state index contributed by atoms with van der Waals surface area (Å²) in [5.41, 5.74) is 1.16. The molecular formula is C12H14N2S. The molecule has 0 unspecified atom stereocenters. The number of nitrogens with zero attached hydrogens (tertiary/aromatic N) is 1. The molecule has 2 aromatic rings. The lowest BCUT2D eigenvalue weighted by Crippen LogP contribution is -2.26. The van der Waals surface area contributed by atoms with Gasteiger partial charge in [0.15, 0.2) is 0 Å². The fourth-order valence-electron chi connectivity index (χ4n) is 2.20. The Kier molecular flexibility index (Phi) is 2.43. The molecule has 2 nitrogen and oxygen atoms in total. The van der Waals surface area contributed by atoms with Gasteiger partial charge in [0.2, 0.25) is 0 Å². The van der Waals surface area contributed by atoms with Crippen molar-refractivity contribution >= 4 is 21.6 Å². The number of aromatic nitrogens is 1. The number of rotatable bonds is 1. The molecule has 1 saturated heterocycles. The normalized spacial score (nSPS) is 18.4. The van der Waals surface area contributed by atoms with E-state index in [-0.39, 0.29) is 0 Å². The standard InChI is InChI=1S/C12H14N2S/c1-2-11-10(14-5-1)8-12(15-11)9-3-6-13-7-4-9/h1-2,5,8-9,13H,3-4,6-7H2. The average molecular weight is 218 g/mol. The van der Waals surface area contributed by atoms with Crippen LogP contribution in [0.5, 0.6) is 0 Å². The maximum atomic E-state index is 4.39. The van der Waals surface area contributed by atoms with Crippen LogP contribution in [0.1, 0.15) is 23.6 Å². The summed E-state index contributed by atoms with van der Waals surface area (Å²) in [4.78, 5) is 5.91. The number of piperidine rings is 1. The van der Waals surface area contributed by atoms with Crippen molar-refractivity contribution in [1.82, 2.24) is 10.3 Å². The number of nitrogens with one attached hydrogen (secondary N) is 1. The van der Waals surface area contributed by atoms with E-state index in [0.29, 0.717) is 0 Å². The number of hydrogen-bond acceptors (Lipinski definition) is 3. The highest BCUT2D eigenvalue weighted by atomic mass is 32.1. The van der Waals surface area contributed by atoms with Crippen LogP contribution >= 0.6 is 11.3 Å². The highest BCUT2D eigenvalue weighted by Gasteiger charge is 2.17. The van der Waals surface area contributed by atoms with Crippen molar-refractivity contribution in [3.05, 3.63) is 29.3 Å². The van der Waals surface area contributed by atoms with Crippen LogP contribution in [-0.4, -0.2) is 18.1 Å². The summed E-state index contributed by atoms with van der Waals surface area (Å²) in [6, 6.07) is 6.46. The van der Waals surface area contributed by atoms with Gasteiger partial charge < -0.3 is 5.32 Å². The van der Waals surface area contributed by atoms with E-state index in [2.05, 4.69) is 22.4 Å². The van der Waals surface area contributed by atoms with E-state index < -0.39 is 0 Å². The monoisotopic (exact) mass is 218 g/mol. The molecule has 0 bridgehead atoms. The van der Waals surface area contributed by atoms with Crippen LogP contribution < -0.4 is 5.32 Å². The van der Waals surface area contributed by atoms with Crippen molar-refractivity contribution in [3.8, 4) is 0 Å². The lowest BCUT2D eigenvalue weighted by molar-refractivity contribution is 0.465. The first kappa shape index (κ1) is 9.31. The molecule has 3 heteroatoms. The van der Waals surface area contributed by atoms with Crippen LogP contribution in [0.2, 0.25) is 0 Å². The van der Waals surface area contributed by atoms with Gasteiger partial charge in [-0.15, -0.1) is 11.3 Å². The first-order valence-corrected chi connectivity index (χ1v) is 6.30. The Bertz CT molecular complexity index is 424. The molecule has 2 aromatic heterocycles. The molecule has 0 radical (unpaired) electrons. The Labute approximate surface area is 93.3 Å². The molecule has 1 aliphatic rings. The van der Waals surface area contributed by atoms with Crippen LogP contribution in [0, 0.1) is 0 Å². The minimum atomic E-state index is 0.755. The van der Waals surface area contributed by atoms with Gasteiger partial charge in [0, 0.05) is 11.1 Å². The van der Waals surface area contributed by atoms with Gasteiger partial charge in [-0.3, -0.25) is 4.98 Å². The quantitative estimate of drug-likeness (QED) is 0.796. The Hall–Kier alpha value is -0.930. The van der Waals surface area contributed by atoms with E-state index in [1.807, 2.05) is 23.6 Å². The third kappa shape index (κ3) is 1.77. The molecule has 0 aliphatic carbocycles. The predicted molar refractivity (Wildman–Crippen MR) is 64.5 cm³/mol. The van der Waals surface area contributed by atoms with Crippen molar-refractivity contribution in [2.45, 2.75) is 18.8 Å². The molecule has 0 aromatic carbocycles. The van der Waals surface area contributed by atoms with E-state index in [9.17, 15) is 0 Å². The lowest BCUT2D eigenvalue weighted by atomic mass is 9.96. The molecule has 0 saturated carbocycles. The maximum absolute atomic E-state index is 4.39. The lowest BCUT2D eigenvalue weighted by Gasteiger charge is -2.21. The Balaban J connectivity index is 1.96. The number of pyridine rings is 1. The molecule has 1 fully saturated rings. The molecule has 0 spiro atoms. The number of hydrogen-bond donors (Lipinski definition) is 1. The fourth-order valence-corrected chi connectivity index (χ4v) is 3.39. The van der Waals surface area contributed by atoms with Crippen LogP contribution in [-0.2, 0) is 0 Å². The van der Waals surface area contributed by atoms with Crippen LogP contribution in [0.15, 0.2) is 24.4 Å². The minimum absolute atomic E-state index is 0.755. The van der Waals surface area contributed by atoms with E-state index in [1.165, 1.54) is 22.4 Å². The van der Waals surface area contributed by atoms with Gasteiger partial charge in [-0.05, 0) is 50.0 Å². The first-order valence-electron chi connectivity index (χ1n) is 5.49. The SMILES string of the molecule is c1cnc2cc(C3CCNCC3)sc2c1. The summed E-state index contributed by atoms with van der Waals surface area (Å²) >= 11 is 1.91. The predicted octanol–water partition coefficient (Wildman–Crippen LogP) is 2.76. The Morgan fingerprint density at radius 3 is 3.00 bits per heavy atom. The molecule has 3 heterocycles.